The molecule has 1 aromatic carbocycles. The lowest BCUT2D eigenvalue weighted by atomic mass is 9.52. The minimum Gasteiger partial charge on any atom is -0.507 e. The molecule has 0 radical (unpaired) electrons. The highest BCUT2D eigenvalue weighted by atomic mass is 35.5. The maximum Gasteiger partial charge on any atom is 0.235 e. The molecule has 0 heterocycles. The van der Waals surface area contributed by atoms with Crippen LogP contribution >= 0.6 is 11.6 Å². The van der Waals surface area contributed by atoms with Crippen LogP contribution in [0.3, 0.4) is 0 Å². The van der Waals surface area contributed by atoms with Gasteiger partial charge in [0.05, 0.1) is 22.2 Å². The van der Waals surface area contributed by atoms with Crippen molar-refractivity contribution in [3.8, 4) is 5.75 Å². The van der Waals surface area contributed by atoms with Crippen LogP contribution in [0.1, 0.15) is 48.5 Å². The normalized spacial score (nSPS) is 33.2. The van der Waals surface area contributed by atoms with Gasteiger partial charge in [0.1, 0.15) is 5.75 Å². The zero-order chi connectivity index (χ0) is 24.6. The quantitative estimate of drug-likeness (QED) is 0.351. The lowest BCUT2D eigenvalue weighted by Crippen LogP contribution is -2.68. The highest BCUT2D eigenvalue weighted by Gasteiger charge is 2.67. The minimum absolute atomic E-state index is 0.00878. The third kappa shape index (κ3) is 3.04. The first-order chi connectivity index (χ1) is 15.3. The summed E-state index contributed by atoms with van der Waals surface area (Å²) < 4.78 is 0. The number of hydrogen-bond donors (Lipinski definition) is 4. The summed E-state index contributed by atoms with van der Waals surface area (Å²) in [5.74, 6) is -12.3. The Morgan fingerprint density at radius 2 is 1.85 bits per heavy atom. The molecule has 174 valence electrons. The number of ketones is 4. The third-order valence-electron chi connectivity index (χ3n) is 7.15. The second-order valence-electron chi connectivity index (χ2n) is 8.95. The smallest absolute Gasteiger partial charge is 0.235 e. The summed E-state index contributed by atoms with van der Waals surface area (Å²) >= 11 is 6.22. The van der Waals surface area contributed by atoms with Crippen LogP contribution < -0.4 is 11.1 Å². The number of aliphatic hydroxyl groups is 1. The first-order valence-corrected chi connectivity index (χ1v) is 10.7. The molecule has 2 fully saturated rings. The van der Waals surface area contributed by atoms with Crippen molar-refractivity contribution in [1.29, 1.82) is 0 Å². The molecule has 1 aromatic rings. The molecule has 0 saturated heterocycles. The van der Waals surface area contributed by atoms with Crippen molar-refractivity contribution < 1.29 is 39.0 Å². The van der Waals surface area contributed by atoms with E-state index in [2.05, 4.69) is 5.32 Å². The van der Waals surface area contributed by atoms with Crippen LogP contribution in [0, 0.1) is 23.7 Å². The summed E-state index contributed by atoms with van der Waals surface area (Å²) in [6.45, 7) is 2.91. The summed E-state index contributed by atoms with van der Waals surface area (Å²) in [4.78, 5) is 75.7. The van der Waals surface area contributed by atoms with Crippen LogP contribution in [-0.2, 0) is 24.0 Å². The number of hydrogen-bond acceptors (Lipinski definition) is 8. The van der Waals surface area contributed by atoms with Gasteiger partial charge < -0.3 is 21.3 Å². The Labute approximate surface area is 192 Å². The number of primary amides is 1. The van der Waals surface area contributed by atoms with Gasteiger partial charge in [-0.15, -0.1) is 0 Å². The number of Topliss-reactive ketones (excluding diaryl/α,β-unsaturated/α-hetero) is 4. The van der Waals surface area contributed by atoms with Crippen molar-refractivity contribution in [2.24, 2.45) is 29.4 Å². The highest BCUT2D eigenvalue weighted by Crippen LogP contribution is 2.56. The molecule has 4 rings (SSSR count). The summed E-state index contributed by atoms with van der Waals surface area (Å²) in [5, 5.41) is 24.2. The summed E-state index contributed by atoms with van der Waals surface area (Å²) in [7, 11) is 0. The number of carbonyl (C=O) groups excluding carboxylic acids is 6. The van der Waals surface area contributed by atoms with Gasteiger partial charge in [-0.25, -0.2) is 0 Å². The predicted octanol–water partition coefficient (Wildman–Crippen LogP) is 0.500. The Kier molecular flexibility index (Phi) is 5.21. The maximum absolute atomic E-state index is 13.5. The number of aromatic hydroxyl groups is 1. The molecule has 10 nitrogen and oxygen atoms in total. The number of rotatable bonds is 2. The van der Waals surface area contributed by atoms with Crippen molar-refractivity contribution in [3.63, 3.8) is 0 Å². The van der Waals surface area contributed by atoms with Crippen LogP contribution in [0.15, 0.2) is 6.07 Å². The maximum atomic E-state index is 13.5. The zero-order valence-corrected chi connectivity index (χ0v) is 18.4. The second kappa shape index (κ2) is 7.46. The molecule has 0 aliphatic heterocycles. The molecular weight excluding hydrogens is 456 g/mol. The Balaban J connectivity index is 1.88. The number of carbonyl (C=O) groups is 6. The SMILES string of the molecule is CC(=O)Nc1c(Cl)cc(O)c2c1[C@H](C)[C@H]1C[C@H]3CC(=O)C(C(N)=O)C(=O)[C@@]3(O)C(=O)C1C2=O. The highest BCUT2D eigenvalue weighted by molar-refractivity contribution is 6.35. The predicted molar refractivity (Wildman–Crippen MR) is 113 cm³/mol. The van der Waals surface area contributed by atoms with E-state index in [0.717, 1.165) is 6.07 Å². The molecule has 3 aliphatic carbocycles. The number of phenols is 1. The Morgan fingerprint density at radius 1 is 1.21 bits per heavy atom. The van der Waals surface area contributed by atoms with Gasteiger partial charge in [-0.3, -0.25) is 28.8 Å². The first kappa shape index (κ1) is 23.1. The number of phenolic OH excluding ortho intramolecular Hbond substituents is 1. The standard InChI is InChI=1S/C22H21ClN2O8/c1-6-9-3-8-4-11(27)16(21(24)32)20(31)22(8,33)19(30)14(9)18(29)15-12(28)5-10(23)17(13(6)15)25-7(2)26/h5-6,8-9,14,16,28,33H,3-4H2,1-2H3,(H2,24,32)(H,25,26)/t6-,8+,9-,14?,16?,22+/m1/s1. The topological polar surface area (TPSA) is 181 Å². The lowest BCUT2D eigenvalue weighted by molar-refractivity contribution is -0.176. The average molecular weight is 477 g/mol. The fourth-order valence-corrected chi connectivity index (χ4v) is 5.94. The van der Waals surface area contributed by atoms with Crippen molar-refractivity contribution in [1.82, 2.24) is 0 Å². The molecule has 0 spiro atoms. The molecule has 0 aromatic heterocycles. The molecule has 2 unspecified atom stereocenters. The molecule has 2 saturated carbocycles. The number of amides is 2. The molecule has 33 heavy (non-hydrogen) atoms. The number of nitrogens with two attached hydrogens (primary N) is 1. The molecule has 3 aliphatic rings. The number of nitrogens with one attached hydrogen (secondary N) is 1. The molecule has 5 N–H and O–H groups in total. The van der Waals surface area contributed by atoms with Crippen LogP contribution in [0.25, 0.3) is 0 Å². The van der Waals surface area contributed by atoms with E-state index in [1.54, 1.807) is 6.92 Å². The van der Waals surface area contributed by atoms with E-state index >= 15 is 0 Å². The summed E-state index contributed by atoms with van der Waals surface area (Å²) in [6, 6.07) is 1.06. The Hall–Kier alpha value is -3.11. The van der Waals surface area contributed by atoms with Gasteiger partial charge in [0.25, 0.3) is 0 Å². The number of fused-ring (bicyclic) bond motifs is 3. The lowest BCUT2D eigenvalue weighted by Gasteiger charge is -2.50. The molecular formula is C22H21ClN2O8. The number of benzene rings is 1. The van der Waals surface area contributed by atoms with Crippen molar-refractivity contribution in [3.05, 3.63) is 22.2 Å². The monoisotopic (exact) mass is 476 g/mol. The molecule has 11 heteroatoms. The third-order valence-corrected chi connectivity index (χ3v) is 7.45. The van der Waals surface area contributed by atoms with Gasteiger partial charge in [-0.1, -0.05) is 18.5 Å². The molecule has 6 atom stereocenters. The fraction of sp³-hybridized carbons (Fsp3) is 0.455. The summed E-state index contributed by atoms with van der Waals surface area (Å²) in [6.07, 6.45) is -0.493. The van der Waals surface area contributed by atoms with E-state index in [9.17, 15) is 39.0 Å². The van der Waals surface area contributed by atoms with Crippen molar-refractivity contribution in [2.75, 3.05) is 5.32 Å². The van der Waals surface area contributed by atoms with E-state index in [-0.39, 0.29) is 28.3 Å². The van der Waals surface area contributed by atoms with Crippen LogP contribution in [0.2, 0.25) is 5.02 Å². The Bertz CT molecular complexity index is 1180. The van der Waals surface area contributed by atoms with E-state index in [1.165, 1.54) is 6.92 Å². The Morgan fingerprint density at radius 3 is 2.42 bits per heavy atom. The van der Waals surface area contributed by atoms with E-state index in [1.807, 2.05) is 0 Å². The van der Waals surface area contributed by atoms with E-state index in [4.69, 9.17) is 17.3 Å². The number of halogens is 1. The van der Waals surface area contributed by atoms with Crippen LogP contribution in [-0.4, -0.2) is 50.8 Å². The number of anilines is 1. The zero-order valence-electron chi connectivity index (χ0n) is 17.7. The van der Waals surface area contributed by atoms with Gasteiger partial charge in [-0.05, 0) is 23.8 Å². The van der Waals surface area contributed by atoms with Crippen LogP contribution in [0.5, 0.6) is 5.75 Å². The average Bonchev–Trinajstić information content (AvgIpc) is 2.70. The van der Waals surface area contributed by atoms with Gasteiger partial charge in [0, 0.05) is 25.3 Å². The van der Waals surface area contributed by atoms with E-state index < -0.39 is 82.3 Å². The first-order valence-electron chi connectivity index (χ1n) is 10.3. The van der Waals surface area contributed by atoms with Gasteiger partial charge in [-0.2, -0.15) is 0 Å². The molecule has 2 amide bonds. The largest absolute Gasteiger partial charge is 0.507 e. The van der Waals surface area contributed by atoms with Gasteiger partial charge in [0.15, 0.2) is 34.7 Å². The van der Waals surface area contributed by atoms with Crippen molar-refractivity contribution in [2.45, 2.75) is 38.2 Å². The minimum atomic E-state index is -2.72. The van der Waals surface area contributed by atoms with Gasteiger partial charge >= 0.3 is 0 Å². The van der Waals surface area contributed by atoms with Crippen LogP contribution in [0.4, 0.5) is 5.69 Å². The van der Waals surface area contributed by atoms with Crippen molar-refractivity contribution >= 4 is 52.2 Å². The second-order valence-corrected chi connectivity index (χ2v) is 9.36. The van der Waals surface area contributed by atoms with Gasteiger partial charge in [0.2, 0.25) is 11.8 Å². The van der Waals surface area contributed by atoms with E-state index in [0.29, 0.717) is 0 Å². The molecule has 0 bridgehead atoms. The summed E-state index contributed by atoms with van der Waals surface area (Å²) in [5.41, 5.74) is 2.56. The fourth-order valence-electron chi connectivity index (χ4n) is 5.69.